The lowest BCUT2D eigenvalue weighted by Gasteiger charge is -2.29. The van der Waals surface area contributed by atoms with Crippen molar-refractivity contribution in [2.24, 2.45) is 5.73 Å². The van der Waals surface area contributed by atoms with Crippen molar-refractivity contribution in [2.45, 2.75) is 44.1 Å². The van der Waals surface area contributed by atoms with Gasteiger partial charge in [0.1, 0.15) is 6.04 Å². The van der Waals surface area contributed by atoms with Crippen LogP contribution in [0.15, 0.2) is 30.6 Å². The van der Waals surface area contributed by atoms with Gasteiger partial charge in [-0.05, 0) is 17.5 Å². The van der Waals surface area contributed by atoms with Crippen LogP contribution in [-0.4, -0.2) is 67.7 Å². The number of likely N-dealkylation sites (tertiary alicyclic amines) is 1. The number of aromatic nitrogens is 3. The Morgan fingerprint density at radius 3 is 2.83 bits per heavy atom. The van der Waals surface area contributed by atoms with Gasteiger partial charge in [0.25, 0.3) is 5.91 Å². The highest BCUT2D eigenvalue weighted by Gasteiger charge is 2.40. The molecule has 1 unspecified atom stereocenters. The van der Waals surface area contributed by atoms with Crippen LogP contribution in [0, 0.1) is 0 Å². The number of nitrogens with two attached hydrogens (primary N) is 1. The first kappa shape index (κ1) is 18.9. The van der Waals surface area contributed by atoms with Crippen molar-refractivity contribution < 1.29 is 14.4 Å². The summed E-state index contributed by atoms with van der Waals surface area (Å²) in [5, 5.41) is 10.3. The SMILES string of the molecule is N[C@@H]1CN(Cc2cccc3c2C(=O)N(C2CCC(=O)NC2=O)C3)C[C@@H]1n1ccnn1. The average molecular weight is 409 g/mol. The number of imide groups is 1. The number of carbonyl (C=O) groups excluding carboxylic acids is 3. The van der Waals surface area contributed by atoms with Crippen molar-refractivity contribution in [1.82, 2.24) is 30.1 Å². The van der Waals surface area contributed by atoms with E-state index < -0.39 is 11.9 Å². The third-order valence-corrected chi connectivity index (χ3v) is 6.22. The summed E-state index contributed by atoms with van der Waals surface area (Å²) >= 11 is 0. The Morgan fingerprint density at radius 2 is 2.07 bits per heavy atom. The molecule has 10 heteroatoms. The number of amides is 3. The van der Waals surface area contributed by atoms with Crippen LogP contribution in [0.25, 0.3) is 0 Å². The lowest BCUT2D eigenvalue weighted by atomic mass is 10.0. The van der Waals surface area contributed by atoms with Crippen molar-refractivity contribution in [1.29, 1.82) is 0 Å². The molecule has 0 spiro atoms. The summed E-state index contributed by atoms with van der Waals surface area (Å²) in [4.78, 5) is 40.8. The minimum absolute atomic E-state index is 0.0416. The minimum atomic E-state index is -0.604. The summed E-state index contributed by atoms with van der Waals surface area (Å²) in [7, 11) is 0. The van der Waals surface area contributed by atoms with Gasteiger partial charge in [-0.25, -0.2) is 4.68 Å². The molecule has 3 aliphatic rings. The summed E-state index contributed by atoms with van der Waals surface area (Å²) in [6.45, 7) is 2.39. The highest BCUT2D eigenvalue weighted by Crippen LogP contribution is 2.31. The predicted octanol–water partition coefficient (Wildman–Crippen LogP) is -0.577. The maximum absolute atomic E-state index is 13.2. The summed E-state index contributed by atoms with van der Waals surface area (Å²) in [5.74, 6) is -0.824. The van der Waals surface area contributed by atoms with Gasteiger partial charge >= 0.3 is 0 Å². The van der Waals surface area contributed by atoms with Crippen molar-refractivity contribution in [3.8, 4) is 0 Å². The maximum atomic E-state index is 13.2. The topological polar surface area (TPSA) is 126 Å². The lowest BCUT2D eigenvalue weighted by Crippen LogP contribution is -2.52. The molecule has 2 saturated heterocycles. The Balaban J connectivity index is 1.34. The van der Waals surface area contributed by atoms with E-state index in [0.717, 1.165) is 17.7 Å². The molecule has 3 aliphatic heterocycles. The number of nitrogens with zero attached hydrogens (tertiary/aromatic N) is 5. The molecular weight excluding hydrogens is 386 g/mol. The fourth-order valence-corrected chi connectivity index (χ4v) is 4.76. The largest absolute Gasteiger partial charge is 0.325 e. The van der Waals surface area contributed by atoms with Crippen molar-refractivity contribution >= 4 is 17.7 Å². The van der Waals surface area contributed by atoms with Gasteiger partial charge in [0.2, 0.25) is 11.8 Å². The predicted molar refractivity (Wildman–Crippen MR) is 105 cm³/mol. The summed E-state index contributed by atoms with van der Waals surface area (Å²) in [6, 6.07) is 5.20. The fourth-order valence-electron chi connectivity index (χ4n) is 4.76. The van der Waals surface area contributed by atoms with E-state index in [2.05, 4.69) is 20.5 Å². The number of rotatable bonds is 4. The molecule has 10 nitrogen and oxygen atoms in total. The fraction of sp³-hybridized carbons (Fsp3) is 0.450. The quantitative estimate of drug-likeness (QED) is 0.647. The van der Waals surface area contributed by atoms with Crippen LogP contribution >= 0.6 is 0 Å². The smallest absolute Gasteiger partial charge is 0.255 e. The van der Waals surface area contributed by atoms with Crippen molar-refractivity contribution in [3.05, 3.63) is 47.3 Å². The van der Waals surface area contributed by atoms with Gasteiger partial charge in [0.15, 0.2) is 0 Å². The molecule has 2 fully saturated rings. The van der Waals surface area contributed by atoms with Gasteiger partial charge in [-0.2, -0.15) is 0 Å². The van der Waals surface area contributed by atoms with Crippen LogP contribution in [0.5, 0.6) is 0 Å². The van der Waals surface area contributed by atoms with Crippen LogP contribution in [0.3, 0.4) is 0 Å². The number of carbonyl (C=O) groups is 3. The van der Waals surface area contributed by atoms with E-state index in [1.165, 1.54) is 0 Å². The molecule has 3 N–H and O–H groups in total. The molecule has 0 radical (unpaired) electrons. The van der Waals surface area contributed by atoms with Crippen LogP contribution in [0.2, 0.25) is 0 Å². The normalized spacial score (nSPS) is 26.9. The molecule has 30 heavy (non-hydrogen) atoms. The van der Waals surface area contributed by atoms with Gasteiger partial charge in [-0.1, -0.05) is 23.4 Å². The molecule has 1 aromatic heterocycles. The standard InChI is InChI=1S/C20H23N7O3/c21-14-10-25(11-16(14)27-7-6-22-24-27)8-12-2-1-3-13-9-26(20(30)18(12)13)15-4-5-17(28)23-19(15)29/h1-3,6-7,14-16H,4-5,8-11,21H2,(H,23,28,29)/t14-,15?,16+/m1/s1. The maximum Gasteiger partial charge on any atom is 0.255 e. The zero-order chi connectivity index (χ0) is 20.8. The number of hydrogen-bond donors (Lipinski definition) is 2. The zero-order valence-electron chi connectivity index (χ0n) is 16.4. The first-order chi connectivity index (χ1) is 14.5. The van der Waals surface area contributed by atoms with Crippen LogP contribution < -0.4 is 11.1 Å². The number of fused-ring (bicyclic) bond motifs is 1. The molecular formula is C20H23N7O3. The highest BCUT2D eigenvalue weighted by molar-refractivity contribution is 6.05. The van der Waals surface area contributed by atoms with Gasteiger partial charge in [0, 0.05) is 50.4 Å². The molecule has 0 bridgehead atoms. The summed E-state index contributed by atoms with van der Waals surface area (Å²) in [5.41, 5.74) is 8.83. The van der Waals surface area contributed by atoms with Crippen molar-refractivity contribution in [2.75, 3.05) is 13.1 Å². The van der Waals surface area contributed by atoms with Gasteiger partial charge in [-0.3, -0.25) is 24.6 Å². The Labute approximate surface area is 173 Å². The summed E-state index contributed by atoms with van der Waals surface area (Å²) < 4.78 is 1.79. The molecule has 0 aliphatic carbocycles. The van der Waals surface area contributed by atoms with E-state index in [-0.39, 0.29) is 30.3 Å². The second-order valence-electron chi connectivity index (χ2n) is 8.16. The van der Waals surface area contributed by atoms with Crippen LogP contribution in [-0.2, 0) is 22.7 Å². The van der Waals surface area contributed by atoms with Gasteiger partial charge in [-0.15, -0.1) is 5.10 Å². The molecule has 3 atom stereocenters. The highest BCUT2D eigenvalue weighted by atomic mass is 16.2. The molecule has 3 amide bonds. The molecule has 156 valence electrons. The first-order valence-corrected chi connectivity index (χ1v) is 10.1. The summed E-state index contributed by atoms with van der Waals surface area (Å²) in [6.07, 6.45) is 4.07. The van der Waals surface area contributed by atoms with E-state index in [1.807, 2.05) is 24.4 Å². The average Bonchev–Trinajstić information content (AvgIpc) is 3.42. The number of nitrogens with one attached hydrogen (secondary N) is 1. The molecule has 0 saturated carbocycles. The van der Waals surface area contributed by atoms with Gasteiger partial charge in [0.05, 0.1) is 12.2 Å². The Kier molecular flexibility index (Phi) is 4.59. The monoisotopic (exact) mass is 409 g/mol. The van der Waals surface area contributed by atoms with Crippen molar-refractivity contribution in [3.63, 3.8) is 0 Å². The van der Waals surface area contributed by atoms with E-state index in [9.17, 15) is 14.4 Å². The third-order valence-electron chi connectivity index (χ3n) is 6.22. The van der Waals surface area contributed by atoms with Crippen LogP contribution in [0.4, 0.5) is 0 Å². The van der Waals surface area contributed by atoms with E-state index >= 15 is 0 Å². The molecule has 2 aromatic rings. The van der Waals surface area contributed by atoms with Crippen LogP contribution in [0.1, 0.15) is 40.4 Å². The lowest BCUT2D eigenvalue weighted by molar-refractivity contribution is -0.136. The Hall–Kier alpha value is -3.11. The minimum Gasteiger partial charge on any atom is -0.325 e. The Morgan fingerprint density at radius 1 is 1.20 bits per heavy atom. The second kappa shape index (κ2) is 7.29. The van der Waals surface area contributed by atoms with E-state index in [0.29, 0.717) is 31.6 Å². The number of hydrogen-bond acceptors (Lipinski definition) is 7. The molecule has 4 heterocycles. The van der Waals surface area contributed by atoms with E-state index in [4.69, 9.17) is 5.73 Å². The first-order valence-electron chi connectivity index (χ1n) is 10.1. The number of benzene rings is 1. The van der Waals surface area contributed by atoms with Gasteiger partial charge < -0.3 is 10.6 Å². The zero-order valence-corrected chi connectivity index (χ0v) is 16.4. The molecule has 5 rings (SSSR count). The molecule has 1 aromatic carbocycles. The second-order valence-corrected chi connectivity index (χ2v) is 8.16. The van der Waals surface area contributed by atoms with E-state index in [1.54, 1.807) is 15.8 Å². The third kappa shape index (κ3) is 3.17. The Bertz CT molecular complexity index is 1010. The number of piperidine rings is 1.